The van der Waals surface area contributed by atoms with Crippen molar-refractivity contribution in [3.05, 3.63) is 0 Å². The molecule has 1 heterocycles. The van der Waals surface area contributed by atoms with Crippen LogP contribution in [0.15, 0.2) is 0 Å². The van der Waals surface area contributed by atoms with Crippen molar-refractivity contribution in [2.24, 2.45) is 0 Å². The zero-order valence-electron chi connectivity index (χ0n) is 8.43. The lowest BCUT2D eigenvalue weighted by Crippen LogP contribution is -2.45. The van der Waals surface area contributed by atoms with Gasteiger partial charge in [0.2, 0.25) is 0 Å². The largest absolute Gasteiger partial charge is 0.406 e. The number of imide groups is 1. The van der Waals surface area contributed by atoms with E-state index in [0.717, 1.165) is 12.8 Å². The minimum atomic E-state index is -4.54. The number of halogens is 3. The van der Waals surface area contributed by atoms with E-state index in [1.165, 1.54) is 0 Å². The third kappa shape index (κ3) is 1.74. The normalized spacial score (nSPS) is 24.3. The van der Waals surface area contributed by atoms with Crippen molar-refractivity contribution in [1.82, 2.24) is 10.2 Å². The fraction of sp³-hybridized carbons (Fsp3) is 0.778. The predicted octanol–water partition coefficient (Wildman–Crippen LogP) is 1.41. The third-order valence-electron chi connectivity index (χ3n) is 3.04. The first-order chi connectivity index (χ1) is 7.34. The Hall–Kier alpha value is -1.27. The lowest BCUT2D eigenvalue weighted by Gasteiger charge is -2.20. The summed E-state index contributed by atoms with van der Waals surface area (Å²) in [6.45, 7) is -1.50. The maximum atomic E-state index is 12.2. The van der Waals surface area contributed by atoms with Crippen LogP contribution in [0.1, 0.15) is 25.7 Å². The number of amides is 3. The van der Waals surface area contributed by atoms with Crippen LogP contribution in [-0.2, 0) is 4.79 Å². The number of rotatable bonds is 1. The first-order valence-corrected chi connectivity index (χ1v) is 5.05. The number of carbonyl (C=O) groups excluding carboxylic acids is 2. The smallest absolute Gasteiger partial charge is 0.323 e. The number of urea groups is 1. The van der Waals surface area contributed by atoms with Crippen molar-refractivity contribution in [2.45, 2.75) is 37.4 Å². The van der Waals surface area contributed by atoms with E-state index in [0.29, 0.717) is 12.8 Å². The van der Waals surface area contributed by atoms with Gasteiger partial charge in [0.25, 0.3) is 5.91 Å². The van der Waals surface area contributed by atoms with E-state index in [2.05, 4.69) is 5.32 Å². The van der Waals surface area contributed by atoms with Gasteiger partial charge in [0, 0.05) is 0 Å². The minimum absolute atomic E-state index is 0.269. The quantitative estimate of drug-likeness (QED) is 0.700. The lowest BCUT2D eigenvalue weighted by atomic mass is 9.98. The van der Waals surface area contributed by atoms with E-state index >= 15 is 0 Å². The van der Waals surface area contributed by atoms with Gasteiger partial charge in [0.15, 0.2) is 0 Å². The van der Waals surface area contributed by atoms with Crippen molar-refractivity contribution in [2.75, 3.05) is 6.54 Å². The average Bonchev–Trinajstić information content (AvgIpc) is 2.68. The van der Waals surface area contributed by atoms with Crippen molar-refractivity contribution >= 4 is 11.9 Å². The number of carbonyl (C=O) groups is 2. The Kier molecular flexibility index (Phi) is 2.36. The highest BCUT2D eigenvalue weighted by atomic mass is 19.4. The molecule has 2 rings (SSSR count). The maximum Gasteiger partial charge on any atom is 0.406 e. The van der Waals surface area contributed by atoms with Gasteiger partial charge in [-0.15, -0.1) is 0 Å². The molecule has 0 aromatic rings. The van der Waals surface area contributed by atoms with Crippen molar-refractivity contribution in [3.63, 3.8) is 0 Å². The predicted molar refractivity (Wildman–Crippen MR) is 47.5 cm³/mol. The van der Waals surface area contributed by atoms with E-state index in [9.17, 15) is 22.8 Å². The summed E-state index contributed by atoms with van der Waals surface area (Å²) in [5, 5.41) is 2.39. The maximum absolute atomic E-state index is 12.2. The molecule has 0 radical (unpaired) electrons. The zero-order valence-corrected chi connectivity index (χ0v) is 8.43. The Morgan fingerprint density at radius 3 is 2.31 bits per heavy atom. The van der Waals surface area contributed by atoms with Crippen LogP contribution in [0.25, 0.3) is 0 Å². The van der Waals surface area contributed by atoms with Gasteiger partial charge in [-0.05, 0) is 12.8 Å². The Morgan fingerprint density at radius 2 is 1.81 bits per heavy atom. The summed E-state index contributed by atoms with van der Waals surface area (Å²) in [6, 6.07) is -0.927. The van der Waals surface area contributed by atoms with Crippen LogP contribution in [0, 0.1) is 0 Å². The van der Waals surface area contributed by atoms with E-state index in [-0.39, 0.29) is 4.90 Å². The molecule has 1 saturated carbocycles. The molecule has 1 aliphatic carbocycles. The third-order valence-corrected chi connectivity index (χ3v) is 3.04. The standard InChI is InChI=1S/C9H11F3N2O2/c10-9(11,12)5-14-6(15)8(13-7(14)16)3-1-2-4-8/h1-5H2,(H,13,16). The monoisotopic (exact) mass is 236 g/mol. The summed E-state index contributed by atoms with van der Waals surface area (Å²) >= 11 is 0. The van der Waals surface area contributed by atoms with Crippen LogP contribution in [0.5, 0.6) is 0 Å². The average molecular weight is 236 g/mol. The van der Waals surface area contributed by atoms with Gasteiger partial charge in [-0.25, -0.2) is 4.79 Å². The van der Waals surface area contributed by atoms with Crippen LogP contribution >= 0.6 is 0 Å². The molecule has 7 heteroatoms. The number of hydrogen-bond acceptors (Lipinski definition) is 2. The first-order valence-electron chi connectivity index (χ1n) is 5.05. The lowest BCUT2D eigenvalue weighted by molar-refractivity contribution is -0.154. The molecular weight excluding hydrogens is 225 g/mol. The van der Waals surface area contributed by atoms with Crippen molar-refractivity contribution in [3.8, 4) is 0 Å². The second-order valence-corrected chi connectivity index (χ2v) is 4.23. The Morgan fingerprint density at radius 1 is 1.25 bits per heavy atom. The van der Waals surface area contributed by atoms with Crippen LogP contribution in [0.3, 0.4) is 0 Å². The van der Waals surface area contributed by atoms with E-state index in [1.54, 1.807) is 0 Å². The SMILES string of the molecule is O=C1NC2(CCCC2)C(=O)N1CC(F)(F)F. The van der Waals surface area contributed by atoms with Gasteiger partial charge in [0.1, 0.15) is 12.1 Å². The summed E-state index contributed by atoms with van der Waals surface area (Å²) in [5.41, 5.74) is -1.05. The van der Waals surface area contributed by atoms with Gasteiger partial charge in [-0.1, -0.05) is 12.8 Å². The zero-order chi connectivity index (χ0) is 12.0. The molecule has 0 aromatic heterocycles. The molecule has 0 aromatic carbocycles. The van der Waals surface area contributed by atoms with E-state index in [4.69, 9.17) is 0 Å². The highest BCUT2D eigenvalue weighted by molar-refractivity contribution is 6.07. The van der Waals surface area contributed by atoms with Gasteiger partial charge < -0.3 is 5.32 Å². The fourth-order valence-electron chi connectivity index (χ4n) is 2.32. The van der Waals surface area contributed by atoms with Crippen molar-refractivity contribution < 1.29 is 22.8 Å². The van der Waals surface area contributed by atoms with Gasteiger partial charge in [0.05, 0.1) is 0 Å². The van der Waals surface area contributed by atoms with Gasteiger partial charge in [-0.3, -0.25) is 9.69 Å². The topological polar surface area (TPSA) is 49.4 Å². The highest BCUT2D eigenvalue weighted by Crippen LogP contribution is 2.35. The summed E-state index contributed by atoms with van der Waals surface area (Å²) in [4.78, 5) is 23.3. The fourth-order valence-corrected chi connectivity index (χ4v) is 2.32. The van der Waals surface area contributed by atoms with Crippen LogP contribution < -0.4 is 5.32 Å². The second-order valence-electron chi connectivity index (χ2n) is 4.23. The molecule has 90 valence electrons. The molecule has 0 unspecified atom stereocenters. The van der Waals surface area contributed by atoms with E-state index < -0.39 is 30.2 Å². The molecule has 2 aliphatic rings. The van der Waals surface area contributed by atoms with E-state index in [1.807, 2.05) is 0 Å². The molecule has 1 saturated heterocycles. The summed E-state index contributed by atoms with van der Waals surface area (Å²) in [7, 11) is 0. The van der Waals surface area contributed by atoms with Crippen LogP contribution in [0.2, 0.25) is 0 Å². The summed E-state index contributed by atoms with van der Waals surface area (Å²) in [6.07, 6.45) is -2.16. The van der Waals surface area contributed by atoms with Gasteiger partial charge >= 0.3 is 12.2 Å². The molecule has 3 amide bonds. The molecular formula is C9H11F3N2O2. The Balaban J connectivity index is 2.17. The van der Waals surface area contributed by atoms with Crippen molar-refractivity contribution in [1.29, 1.82) is 0 Å². The number of alkyl halides is 3. The Bertz CT molecular complexity index is 334. The van der Waals surface area contributed by atoms with Gasteiger partial charge in [-0.2, -0.15) is 13.2 Å². The van der Waals surface area contributed by atoms with Crippen LogP contribution in [0.4, 0.5) is 18.0 Å². The molecule has 1 spiro atoms. The molecule has 0 atom stereocenters. The minimum Gasteiger partial charge on any atom is -0.323 e. The highest BCUT2D eigenvalue weighted by Gasteiger charge is 2.54. The molecule has 4 nitrogen and oxygen atoms in total. The first kappa shape index (κ1) is 11.2. The molecule has 1 N–H and O–H groups in total. The summed E-state index contributed by atoms with van der Waals surface area (Å²) in [5.74, 6) is -0.729. The number of nitrogens with zero attached hydrogens (tertiary/aromatic N) is 1. The molecule has 16 heavy (non-hydrogen) atoms. The molecule has 2 fully saturated rings. The molecule has 1 aliphatic heterocycles. The van der Waals surface area contributed by atoms with Crippen LogP contribution in [-0.4, -0.2) is 35.1 Å². The summed E-state index contributed by atoms with van der Waals surface area (Å²) < 4.78 is 36.5. The number of hydrogen-bond donors (Lipinski definition) is 1. The molecule has 0 bridgehead atoms. The second kappa shape index (κ2) is 3.36. The Labute approximate surface area is 89.8 Å². The number of nitrogens with one attached hydrogen (secondary N) is 1.